The predicted octanol–water partition coefficient (Wildman–Crippen LogP) is 3.36. The smallest absolute Gasteiger partial charge is 0.168 e. The van der Waals surface area contributed by atoms with Crippen LogP contribution in [-0.4, -0.2) is 12.0 Å². The van der Waals surface area contributed by atoms with Crippen molar-refractivity contribution in [1.82, 2.24) is 0 Å². The quantitative estimate of drug-likeness (QED) is 0.549. The maximum atomic E-state index is 13.0. The van der Waals surface area contributed by atoms with E-state index < -0.39 is 11.7 Å². The van der Waals surface area contributed by atoms with Crippen molar-refractivity contribution >= 4 is 18.0 Å². The van der Waals surface area contributed by atoms with Crippen LogP contribution in [0.5, 0.6) is 0 Å². The standard InChI is InChI=1S/C9H9F2NS/c1-6(10)9(11)7(5-12)8-3-2-4-13-8/h3,5,12H,1-2,4H2/b9-7-,12-5?. The van der Waals surface area contributed by atoms with Gasteiger partial charge < -0.3 is 5.41 Å². The first-order valence-corrected chi connectivity index (χ1v) is 4.73. The molecule has 13 heavy (non-hydrogen) atoms. The highest BCUT2D eigenvalue weighted by atomic mass is 32.2. The molecule has 0 fully saturated rings. The van der Waals surface area contributed by atoms with Gasteiger partial charge in [-0.1, -0.05) is 12.7 Å². The lowest BCUT2D eigenvalue weighted by Crippen LogP contribution is -1.90. The molecule has 0 aliphatic carbocycles. The molecule has 4 heteroatoms. The fraction of sp³-hybridized carbons (Fsp3) is 0.222. The van der Waals surface area contributed by atoms with Gasteiger partial charge in [-0.2, -0.15) is 0 Å². The SMILES string of the molecule is C=C(F)/C(F)=C(\C=N)C1=CCCS1. The van der Waals surface area contributed by atoms with Crippen LogP contribution in [0.25, 0.3) is 0 Å². The van der Waals surface area contributed by atoms with Crippen molar-refractivity contribution in [2.75, 3.05) is 5.75 Å². The van der Waals surface area contributed by atoms with E-state index in [1.54, 1.807) is 6.08 Å². The van der Waals surface area contributed by atoms with Gasteiger partial charge in [0.1, 0.15) is 0 Å². The zero-order valence-corrected chi connectivity index (χ0v) is 7.76. The van der Waals surface area contributed by atoms with Crippen LogP contribution in [0.2, 0.25) is 0 Å². The summed E-state index contributed by atoms with van der Waals surface area (Å²) < 4.78 is 25.5. The zero-order valence-electron chi connectivity index (χ0n) is 6.94. The summed E-state index contributed by atoms with van der Waals surface area (Å²) in [4.78, 5) is 0.631. The molecule has 0 spiro atoms. The largest absolute Gasteiger partial charge is 0.308 e. The molecule has 1 aliphatic rings. The second-order valence-electron chi connectivity index (χ2n) is 2.48. The van der Waals surface area contributed by atoms with Gasteiger partial charge in [-0.25, -0.2) is 8.78 Å². The molecule has 70 valence electrons. The van der Waals surface area contributed by atoms with Crippen LogP contribution in [0.4, 0.5) is 8.78 Å². The summed E-state index contributed by atoms with van der Waals surface area (Å²) in [5.74, 6) is -1.29. The van der Waals surface area contributed by atoms with E-state index in [-0.39, 0.29) is 5.57 Å². The molecule has 0 saturated carbocycles. The molecule has 1 aliphatic heterocycles. The summed E-state index contributed by atoms with van der Waals surface area (Å²) in [5.41, 5.74) is -0.00463. The van der Waals surface area contributed by atoms with Gasteiger partial charge in [0.2, 0.25) is 0 Å². The Morgan fingerprint density at radius 2 is 2.31 bits per heavy atom. The molecule has 0 amide bonds. The predicted molar refractivity (Wildman–Crippen MR) is 52.3 cm³/mol. The van der Waals surface area contributed by atoms with Crippen molar-refractivity contribution in [2.24, 2.45) is 0 Å². The number of thioether (sulfide) groups is 1. The topological polar surface area (TPSA) is 23.9 Å². The highest BCUT2D eigenvalue weighted by Gasteiger charge is 2.15. The number of nitrogens with one attached hydrogen (secondary N) is 1. The first-order chi connectivity index (χ1) is 6.16. The Hall–Kier alpha value is -0.900. The average molecular weight is 201 g/mol. The van der Waals surface area contributed by atoms with Gasteiger partial charge >= 0.3 is 0 Å². The van der Waals surface area contributed by atoms with Crippen LogP contribution >= 0.6 is 11.8 Å². The Kier molecular flexibility index (Phi) is 3.42. The Morgan fingerprint density at radius 1 is 1.62 bits per heavy atom. The minimum Gasteiger partial charge on any atom is -0.308 e. The van der Waals surface area contributed by atoms with E-state index in [0.29, 0.717) is 4.91 Å². The van der Waals surface area contributed by atoms with Crippen LogP contribution in [0.15, 0.2) is 34.8 Å². The number of hydrogen-bond donors (Lipinski definition) is 1. The van der Waals surface area contributed by atoms with E-state index >= 15 is 0 Å². The summed E-state index contributed by atoms with van der Waals surface area (Å²) >= 11 is 1.42. The van der Waals surface area contributed by atoms with Gasteiger partial charge in [-0.05, 0) is 6.42 Å². The van der Waals surface area contributed by atoms with E-state index in [9.17, 15) is 8.78 Å². The van der Waals surface area contributed by atoms with Crippen LogP contribution in [0.3, 0.4) is 0 Å². The van der Waals surface area contributed by atoms with Gasteiger partial charge in [-0.15, -0.1) is 11.8 Å². The third kappa shape index (κ3) is 2.28. The molecule has 0 atom stereocenters. The van der Waals surface area contributed by atoms with Crippen LogP contribution in [0, 0.1) is 5.41 Å². The second-order valence-corrected chi connectivity index (χ2v) is 3.62. The molecule has 1 nitrogen and oxygen atoms in total. The molecule has 0 saturated heterocycles. The average Bonchev–Trinajstić information content (AvgIpc) is 2.58. The summed E-state index contributed by atoms with van der Waals surface area (Å²) in [6, 6.07) is 0. The Labute approximate surface area is 79.7 Å². The van der Waals surface area contributed by atoms with Crippen molar-refractivity contribution in [3.63, 3.8) is 0 Å². The van der Waals surface area contributed by atoms with Gasteiger partial charge in [0.25, 0.3) is 0 Å². The van der Waals surface area contributed by atoms with Gasteiger partial charge in [-0.3, -0.25) is 0 Å². The van der Waals surface area contributed by atoms with Crippen molar-refractivity contribution < 1.29 is 8.78 Å². The maximum absolute atomic E-state index is 13.0. The fourth-order valence-electron chi connectivity index (χ4n) is 0.994. The van der Waals surface area contributed by atoms with Crippen LogP contribution < -0.4 is 0 Å². The van der Waals surface area contributed by atoms with Gasteiger partial charge in [0.05, 0.1) is 0 Å². The molecule has 1 N–H and O–H groups in total. The van der Waals surface area contributed by atoms with E-state index in [1.165, 1.54) is 11.8 Å². The molecule has 0 unspecified atom stereocenters. The van der Waals surface area contributed by atoms with Crippen LogP contribution in [0.1, 0.15) is 6.42 Å². The summed E-state index contributed by atoms with van der Waals surface area (Å²) in [5, 5.41) is 6.96. The summed E-state index contributed by atoms with van der Waals surface area (Å²) in [7, 11) is 0. The van der Waals surface area contributed by atoms with Gasteiger partial charge in [0, 0.05) is 22.4 Å². The first kappa shape index (κ1) is 10.2. The van der Waals surface area contributed by atoms with Crippen LogP contribution in [-0.2, 0) is 0 Å². The third-order valence-corrected chi connectivity index (χ3v) is 2.73. The van der Waals surface area contributed by atoms with Crippen molar-refractivity contribution in [1.29, 1.82) is 5.41 Å². The lowest BCUT2D eigenvalue weighted by atomic mass is 10.2. The zero-order chi connectivity index (χ0) is 9.84. The second kappa shape index (κ2) is 4.37. The van der Waals surface area contributed by atoms with Crippen molar-refractivity contribution in [3.05, 3.63) is 34.8 Å². The van der Waals surface area contributed by atoms with E-state index in [2.05, 4.69) is 6.58 Å². The highest BCUT2D eigenvalue weighted by molar-refractivity contribution is 8.03. The summed E-state index contributed by atoms with van der Waals surface area (Å²) in [6.07, 6.45) is 3.46. The first-order valence-electron chi connectivity index (χ1n) is 3.75. The highest BCUT2D eigenvalue weighted by Crippen LogP contribution is 2.33. The monoisotopic (exact) mass is 201 g/mol. The van der Waals surface area contributed by atoms with E-state index in [4.69, 9.17) is 5.41 Å². The minimum absolute atomic E-state index is 0.00463. The number of halogens is 2. The molecule has 0 aromatic carbocycles. The Morgan fingerprint density at radius 3 is 2.69 bits per heavy atom. The number of hydrogen-bond acceptors (Lipinski definition) is 2. The molecular weight excluding hydrogens is 192 g/mol. The molecule has 0 radical (unpaired) electrons. The number of rotatable bonds is 3. The minimum atomic E-state index is -1.12. The molecular formula is C9H9F2NS. The fourth-order valence-corrected chi connectivity index (χ4v) is 1.99. The molecule has 0 aromatic rings. The third-order valence-electron chi connectivity index (χ3n) is 1.59. The molecule has 0 bridgehead atoms. The lowest BCUT2D eigenvalue weighted by molar-refractivity contribution is 0.545. The summed E-state index contributed by atoms with van der Waals surface area (Å²) in [6.45, 7) is 2.86. The Balaban J connectivity index is 3.01. The van der Waals surface area contributed by atoms with E-state index in [0.717, 1.165) is 18.4 Å². The van der Waals surface area contributed by atoms with Crippen molar-refractivity contribution in [2.45, 2.75) is 6.42 Å². The molecule has 0 aromatic heterocycles. The van der Waals surface area contributed by atoms with Gasteiger partial charge in [0.15, 0.2) is 11.7 Å². The molecule has 1 heterocycles. The van der Waals surface area contributed by atoms with E-state index in [1.807, 2.05) is 0 Å². The van der Waals surface area contributed by atoms with Crippen molar-refractivity contribution in [3.8, 4) is 0 Å². The number of allylic oxidation sites excluding steroid dienone is 4. The maximum Gasteiger partial charge on any atom is 0.168 e. The Bertz CT molecular complexity index is 305. The normalized spacial score (nSPS) is 17.8. The molecule has 1 rings (SSSR count). The lowest BCUT2D eigenvalue weighted by Gasteiger charge is -2.02.